The van der Waals surface area contributed by atoms with Gasteiger partial charge in [-0.15, -0.1) is 0 Å². The molecular weight excluding hydrogens is 254 g/mol. The molecule has 1 aromatic carbocycles. The summed E-state index contributed by atoms with van der Waals surface area (Å²) in [5, 5.41) is 0. The second-order valence-corrected chi connectivity index (χ2v) is 5.46. The van der Waals surface area contributed by atoms with Gasteiger partial charge < -0.3 is 20.3 Å². The minimum absolute atomic E-state index is 0.0262. The zero-order valence-corrected chi connectivity index (χ0v) is 12.4. The molecule has 5 nitrogen and oxygen atoms in total. The Balaban J connectivity index is 2.16. The predicted octanol–water partition coefficient (Wildman–Crippen LogP) is 0.941. The Bertz CT molecular complexity index is 476. The van der Waals surface area contributed by atoms with Crippen molar-refractivity contribution in [3.63, 3.8) is 0 Å². The summed E-state index contributed by atoms with van der Waals surface area (Å²) in [6.07, 6.45) is -0.0435. The van der Waals surface area contributed by atoms with Crippen LogP contribution in [0.15, 0.2) is 24.3 Å². The first-order chi connectivity index (χ1) is 9.51. The monoisotopic (exact) mass is 277 g/mol. The van der Waals surface area contributed by atoms with Crippen LogP contribution in [0.5, 0.6) is 0 Å². The second-order valence-electron chi connectivity index (χ2n) is 5.46. The summed E-state index contributed by atoms with van der Waals surface area (Å²) >= 11 is 0. The molecule has 1 saturated heterocycles. The minimum Gasteiger partial charge on any atom is -0.378 e. The average molecular weight is 277 g/mol. The summed E-state index contributed by atoms with van der Waals surface area (Å²) in [7, 11) is 3.93. The number of nitrogens with two attached hydrogens (primary N) is 1. The van der Waals surface area contributed by atoms with Gasteiger partial charge in [0.1, 0.15) is 0 Å². The molecule has 0 aromatic heterocycles. The van der Waals surface area contributed by atoms with Crippen LogP contribution in [0.25, 0.3) is 0 Å². The third-order valence-electron chi connectivity index (χ3n) is 3.49. The van der Waals surface area contributed by atoms with Crippen molar-refractivity contribution in [2.24, 2.45) is 5.73 Å². The lowest BCUT2D eigenvalue weighted by atomic mass is 10.1. The van der Waals surface area contributed by atoms with Crippen LogP contribution in [0, 0.1) is 0 Å². The molecule has 1 fully saturated rings. The highest BCUT2D eigenvalue weighted by molar-refractivity contribution is 5.95. The van der Waals surface area contributed by atoms with E-state index >= 15 is 0 Å². The molecule has 0 spiro atoms. The highest BCUT2D eigenvalue weighted by Crippen LogP contribution is 2.18. The molecule has 1 heterocycles. The van der Waals surface area contributed by atoms with Gasteiger partial charge in [0, 0.05) is 45.0 Å². The molecule has 2 unspecified atom stereocenters. The highest BCUT2D eigenvalue weighted by atomic mass is 16.5. The van der Waals surface area contributed by atoms with Gasteiger partial charge in [-0.2, -0.15) is 0 Å². The third kappa shape index (κ3) is 3.29. The average Bonchev–Trinajstić information content (AvgIpc) is 2.45. The van der Waals surface area contributed by atoms with E-state index in [4.69, 9.17) is 10.5 Å². The van der Waals surface area contributed by atoms with Crippen molar-refractivity contribution in [1.29, 1.82) is 0 Å². The Kier molecular flexibility index (Phi) is 4.62. The number of morpholine rings is 1. The number of carbonyl (C=O) groups excluding carboxylic acids is 1. The van der Waals surface area contributed by atoms with Crippen molar-refractivity contribution in [3.05, 3.63) is 29.8 Å². The number of anilines is 1. The molecule has 0 saturated carbocycles. The van der Waals surface area contributed by atoms with Gasteiger partial charge >= 0.3 is 0 Å². The number of benzene rings is 1. The van der Waals surface area contributed by atoms with E-state index < -0.39 is 0 Å². The van der Waals surface area contributed by atoms with Gasteiger partial charge in [0.05, 0.1) is 12.2 Å². The predicted molar refractivity (Wildman–Crippen MR) is 80.1 cm³/mol. The minimum atomic E-state index is -0.0697. The van der Waals surface area contributed by atoms with Crippen molar-refractivity contribution in [1.82, 2.24) is 4.90 Å². The van der Waals surface area contributed by atoms with Crippen molar-refractivity contribution in [2.45, 2.75) is 19.1 Å². The van der Waals surface area contributed by atoms with Gasteiger partial charge in [-0.05, 0) is 25.1 Å². The largest absolute Gasteiger partial charge is 0.378 e. The van der Waals surface area contributed by atoms with Crippen LogP contribution in [0.1, 0.15) is 17.3 Å². The summed E-state index contributed by atoms with van der Waals surface area (Å²) < 4.78 is 5.69. The SMILES string of the molecule is CC1CN(C(=O)c2cccc(N(C)C)c2)CC(CN)O1. The zero-order chi connectivity index (χ0) is 14.7. The standard InChI is InChI=1S/C15H23N3O2/c1-11-9-18(10-14(8-16)20-11)15(19)12-5-4-6-13(7-12)17(2)3/h4-7,11,14H,8-10,16H2,1-3H3. The number of hydrogen-bond acceptors (Lipinski definition) is 4. The Labute approximate surface area is 120 Å². The number of carbonyl (C=O) groups is 1. The molecule has 110 valence electrons. The molecule has 5 heteroatoms. The first-order valence-corrected chi connectivity index (χ1v) is 6.93. The van der Waals surface area contributed by atoms with Crippen LogP contribution in [-0.2, 0) is 4.74 Å². The summed E-state index contributed by atoms with van der Waals surface area (Å²) in [5.41, 5.74) is 7.39. The lowest BCUT2D eigenvalue weighted by Gasteiger charge is -2.36. The molecule has 0 bridgehead atoms. The van der Waals surface area contributed by atoms with E-state index in [-0.39, 0.29) is 18.1 Å². The summed E-state index contributed by atoms with van der Waals surface area (Å²) in [5.74, 6) is 0.0438. The number of amides is 1. The van der Waals surface area contributed by atoms with E-state index in [0.29, 0.717) is 25.2 Å². The third-order valence-corrected chi connectivity index (χ3v) is 3.49. The zero-order valence-electron chi connectivity index (χ0n) is 12.4. The Morgan fingerprint density at radius 2 is 2.20 bits per heavy atom. The lowest BCUT2D eigenvalue weighted by molar-refractivity contribution is -0.0625. The van der Waals surface area contributed by atoms with E-state index in [2.05, 4.69) is 0 Å². The molecule has 0 aliphatic carbocycles. The molecule has 1 amide bonds. The Morgan fingerprint density at radius 3 is 2.85 bits per heavy atom. The summed E-state index contributed by atoms with van der Waals surface area (Å²) in [4.78, 5) is 16.4. The summed E-state index contributed by atoms with van der Waals surface area (Å²) in [6.45, 7) is 3.58. The maximum atomic E-state index is 12.6. The van der Waals surface area contributed by atoms with E-state index in [1.807, 2.05) is 55.1 Å². The van der Waals surface area contributed by atoms with Crippen LogP contribution in [-0.4, -0.2) is 56.7 Å². The smallest absolute Gasteiger partial charge is 0.254 e. The normalized spacial score (nSPS) is 22.7. The first-order valence-electron chi connectivity index (χ1n) is 6.93. The van der Waals surface area contributed by atoms with Crippen molar-refractivity contribution in [3.8, 4) is 0 Å². The molecule has 2 N–H and O–H groups in total. The van der Waals surface area contributed by atoms with Crippen molar-refractivity contribution >= 4 is 11.6 Å². The van der Waals surface area contributed by atoms with Gasteiger partial charge in [0.15, 0.2) is 0 Å². The maximum absolute atomic E-state index is 12.6. The fourth-order valence-electron chi connectivity index (χ4n) is 2.44. The Morgan fingerprint density at radius 1 is 1.45 bits per heavy atom. The molecule has 2 atom stereocenters. The van der Waals surface area contributed by atoms with Crippen LogP contribution in [0.2, 0.25) is 0 Å². The molecule has 1 aliphatic heterocycles. The van der Waals surface area contributed by atoms with Gasteiger partial charge in [-0.25, -0.2) is 0 Å². The number of rotatable bonds is 3. The molecule has 20 heavy (non-hydrogen) atoms. The van der Waals surface area contributed by atoms with Crippen LogP contribution >= 0.6 is 0 Å². The number of nitrogens with zero attached hydrogens (tertiary/aromatic N) is 2. The van der Waals surface area contributed by atoms with Crippen LogP contribution in [0.3, 0.4) is 0 Å². The number of ether oxygens (including phenoxy) is 1. The van der Waals surface area contributed by atoms with E-state index in [1.54, 1.807) is 0 Å². The van der Waals surface area contributed by atoms with E-state index in [1.165, 1.54) is 0 Å². The Hall–Kier alpha value is -1.59. The van der Waals surface area contributed by atoms with Crippen LogP contribution < -0.4 is 10.6 Å². The molecule has 2 rings (SSSR count). The fraction of sp³-hybridized carbons (Fsp3) is 0.533. The molecule has 1 aliphatic rings. The topological polar surface area (TPSA) is 58.8 Å². The maximum Gasteiger partial charge on any atom is 0.254 e. The summed E-state index contributed by atoms with van der Waals surface area (Å²) in [6, 6.07) is 7.67. The quantitative estimate of drug-likeness (QED) is 0.893. The fourth-order valence-corrected chi connectivity index (χ4v) is 2.44. The van der Waals surface area contributed by atoms with Gasteiger partial charge in [-0.1, -0.05) is 6.07 Å². The van der Waals surface area contributed by atoms with Crippen molar-refractivity contribution < 1.29 is 9.53 Å². The van der Waals surface area contributed by atoms with Gasteiger partial charge in [0.2, 0.25) is 0 Å². The first kappa shape index (κ1) is 14.8. The van der Waals surface area contributed by atoms with Gasteiger partial charge in [0.25, 0.3) is 5.91 Å². The second kappa shape index (κ2) is 6.24. The lowest BCUT2D eigenvalue weighted by Crippen LogP contribution is -2.51. The highest BCUT2D eigenvalue weighted by Gasteiger charge is 2.28. The van der Waals surface area contributed by atoms with Crippen LogP contribution in [0.4, 0.5) is 5.69 Å². The van der Waals surface area contributed by atoms with Crippen molar-refractivity contribution in [2.75, 3.05) is 38.6 Å². The molecule has 1 aromatic rings. The van der Waals surface area contributed by atoms with E-state index in [0.717, 1.165) is 5.69 Å². The van der Waals surface area contributed by atoms with E-state index in [9.17, 15) is 4.79 Å². The molecule has 0 radical (unpaired) electrons. The number of hydrogen-bond donors (Lipinski definition) is 1. The molecular formula is C15H23N3O2. The van der Waals surface area contributed by atoms with Gasteiger partial charge in [-0.3, -0.25) is 4.79 Å².